The molecule has 1 aliphatic rings. The highest BCUT2D eigenvalue weighted by Crippen LogP contribution is 2.27. The molecular formula is C8H13N3O3S. The zero-order valence-electron chi connectivity index (χ0n) is 8.42. The van der Waals surface area contributed by atoms with Crippen molar-refractivity contribution in [3.8, 4) is 0 Å². The van der Waals surface area contributed by atoms with Crippen molar-refractivity contribution in [3.05, 3.63) is 11.6 Å². The second-order valence-corrected chi connectivity index (χ2v) is 6.02. The fourth-order valence-corrected chi connectivity index (χ4v) is 3.61. The standard InChI is InChI=1S/C8H13N3O3S/c1-11-7(4-12)9-10-8(11)6-2-3-15(13,14)5-6/h6,12H,2-5H2,1H3. The third kappa shape index (κ3) is 1.89. The Morgan fingerprint density at radius 2 is 2.27 bits per heavy atom. The third-order valence-corrected chi connectivity index (χ3v) is 4.51. The van der Waals surface area contributed by atoms with Crippen LogP contribution in [0.2, 0.25) is 0 Å². The van der Waals surface area contributed by atoms with Gasteiger partial charge >= 0.3 is 0 Å². The van der Waals surface area contributed by atoms with Crippen LogP contribution in [0.5, 0.6) is 0 Å². The summed E-state index contributed by atoms with van der Waals surface area (Å²) in [5, 5.41) is 16.7. The molecule has 0 aromatic carbocycles. The van der Waals surface area contributed by atoms with E-state index in [1.54, 1.807) is 11.6 Å². The monoisotopic (exact) mass is 231 g/mol. The van der Waals surface area contributed by atoms with E-state index in [1.807, 2.05) is 0 Å². The van der Waals surface area contributed by atoms with Gasteiger partial charge in [0.05, 0.1) is 11.5 Å². The molecule has 0 aliphatic carbocycles. The van der Waals surface area contributed by atoms with Gasteiger partial charge in [-0.1, -0.05) is 0 Å². The van der Waals surface area contributed by atoms with Crippen LogP contribution >= 0.6 is 0 Å². The number of sulfone groups is 1. The molecule has 1 fully saturated rings. The molecule has 0 radical (unpaired) electrons. The van der Waals surface area contributed by atoms with Crippen molar-refractivity contribution in [3.63, 3.8) is 0 Å². The minimum Gasteiger partial charge on any atom is -0.388 e. The molecule has 2 rings (SSSR count). The number of nitrogens with zero attached hydrogens (tertiary/aromatic N) is 3. The molecule has 0 spiro atoms. The Kier molecular flexibility index (Phi) is 2.51. The number of aliphatic hydroxyl groups excluding tert-OH is 1. The van der Waals surface area contributed by atoms with Crippen molar-refractivity contribution in [2.45, 2.75) is 18.9 Å². The van der Waals surface area contributed by atoms with E-state index >= 15 is 0 Å². The molecule has 6 nitrogen and oxygen atoms in total. The van der Waals surface area contributed by atoms with Crippen LogP contribution in [0.1, 0.15) is 24.0 Å². The van der Waals surface area contributed by atoms with Crippen LogP contribution < -0.4 is 0 Å². The maximum Gasteiger partial charge on any atom is 0.158 e. The van der Waals surface area contributed by atoms with E-state index in [4.69, 9.17) is 5.11 Å². The van der Waals surface area contributed by atoms with Gasteiger partial charge in [0.2, 0.25) is 0 Å². The van der Waals surface area contributed by atoms with Crippen molar-refractivity contribution < 1.29 is 13.5 Å². The van der Waals surface area contributed by atoms with Gasteiger partial charge in [0.25, 0.3) is 0 Å². The zero-order chi connectivity index (χ0) is 11.1. The Labute approximate surface area is 87.9 Å². The van der Waals surface area contributed by atoms with Crippen LogP contribution in [0.25, 0.3) is 0 Å². The lowest BCUT2D eigenvalue weighted by Gasteiger charge is -2.06. The maximum atomic E-state index is 11.3. The smallest absolute Gasteiger partial charge is 0.158 e. The van der Waals surface area contributed by atoms with Crippen LogP contribution in [0.4, 0.5) is 0 Å². The van der Waals surface area contributed by atoms with Crippen LogP contribution in [-0.4, -0.2) is 39.8 Å². The summed E-state index contributed by atoms with van der Waals surface area (Å²) >= 11 is 0. The highest BCUT2D eigenvalue weighted by atomic mass is 32.2. The molecule has 1 aliphatic heterocycles. The first kappa shape index (κ1) is 10.6. The Morgan fingerprint density at radius 1 is 1.53 bits per heavy atom. The normalized spacial score (nSPS) is 24.5. The second-order valence-electron chi connectivity index (χ2n) is 3.79. The van der Waals surface area contributed by atoms with E-state index in [-0.39, 0.29) is 24.0 Å². The van der Waals surface area contributed by atoms with Gasteiger partial charge in [0.1, 0.15) is 12.4 Å². The average Bonchev–Trinajstić information content (AvgIpc) is 2.69. The zero-order valence-corrected chi connectivity index (χ0v) is 9.24. The molecule has 15 heavy (non-hydrogen) atoms. The molecule has 84 valence electrons. The maximum absolute atomic E-state index is 11.3. The summed E-state index contributed by atoms with van der Waals surface area (Å²) in [5.74, 6) is 1.41. The van der Waals surface area contributed by atoms with Crippen LogP contribution in [-0.2, 0) is 23.5 Å². The van der Waals surface area contributed by atoms with Crippen molar-refractivity contribution in [2.75, 3.05) is 11.5 Å². The van der Waals surface area contributed by atoms with Gasteiger partial charge in [0, 0.05) is 13.0 Å². The van der Waals surface area contributed by atoms with E-state index in [9.17, 15) is 8.42 Å². The number of hydrogen-bond donors (Lipinski definition) is 1. The highest BCUT2D eigenvalue weighted by Gasteiger charge is 2.32. The molecule has 1 N–H and O–H groups in total. The van der Waals surface area contributed by atoms with Gasteiger partial charge in [-0.25, -0.2) is 8.42 Å². The lowest BCUT2D eigenvalue weighted by atomic mass is 10.1. The quantitative estimate of drug-likeness (QED) is 0.721. The Morgan fingerprint density at radius 3 is 2.73 bits per heavy atom. The number of hydrogen-bond acceptors (Lipinski definition) is 5. The van der Waals surface area contributed by atoms with Gasteiger partial charge in [-0.2, -0.15) is 0 Å². The predicted molar refractivity (Wildman–Crippen MR) is 52.9 cm³/mol. The first-order valence-electron chi connectivity index (χ1n) is 4.73. The summed E-state index contributed by atoms with van der Waals surface area (Å²) < 4.78 is 24.3. The van der Waals surface area contributed by atoms with Gasteiger partial charge < -0.3 is 9.67 Å². The second kappa shape index (κ2) is 3.57. The lowest BCUT2D eigenvalue weighted by Crippen LogP contribution is -2.10. The van der Waals surface area contributed by atoms with Crippen LogP contribution in [0.3, 0.4) is 0 Å². The minimum atomic E-state index is -2.90. The number of rotatable bonds is 2. The molecule has 1 atom stereocenters. The molecule has 1 saturated heterocycles. The van der Waals surface area contributed by atoms with Crippen molar-refractivity contribution in [2.24, 2.45) is 7.05 Å². The molecule has 0 saturated carbocycles. The average molecular weight is 231 g/mol. The SMILES string of the molecule is Cn1c(CO)nnc1C1CCS(=O)(=O)C1. The highest BCUT2D eigenvalue weighted by molar-refractivity contribution is 7.91. The largest absolute Gasteiger partial charge is 0.388 e. The minimum absolute atomic E-state index is 0.0761. The van der Waals surface area contributed by atoms with Crippen LogP contribution in [0, 0.1) is 0 Å². The van der Waals surface area contributed by atoms with E-state index in [2.05, 4.69) is 10.2 Å². The van der Waals surface area contributed by atoms with Gasteiger partial charge in [0.15, 0.2) is 15.7 Å². The topological polar surface area (TPSA) is 85.1 Å². The van der Waals surface area contributed by atoms with E-state index in [0.717, 1.165) is 0 Å². The Hall–Kier alpha value is -0.950. The van der Waals surface area contributed by atoms with Crippen molar-refractivity contribution in [1.82, 2.24) is 14.8 Å². The van der Waals surface area contributed by atoms with E-state index < -0.39 is 9.84 Å². The van der Waals surface area contributed by atoms with Crippen molar-refractivity contribution in [1.29, 1.82) is 0 Å². The Bertz CT molecular complexity index is 465. The molecular weight excluding hydrogens is 218 g/mol. The van der Waals surface area contributed by atoms with Crippen LogP contribution in [0.15, 0.2) is 0 Å². The van der Waals surface area contributed by atoms with Crippen molar-refractivity contribution >= 4 is 9.84 Å². The predicted octanol–water partition coefficient (Wildman–Crippen LogP) is -0.790. The molecule has 1 aromatic heterocycles. The summed E-state index contributed by atoms with van der Waals surface area (Å²) in [6.45, 7) is -0.178. The first-order chi connectivity index (χ1) is 7.03. The van der Waals surface area contributed by atoms with Gasteiger partial charge in [-0.3, -0.25) is 0 Å². The molecule has 0 amide bonds. The fourth-order valence-electron chi connectivity index (χ4n) is 1.87. The number of aromatic nitrogens is 3. The summed E-state index contributed by atoms with van der Waals surface area (Å²) in [4.78, 5) is 0. The fraction of sp³-hybridized carbons (Fsp3) is 0.750. The molecule has 1 unspecified atom stereocenters. The summed E-state index contributed by atoms with van der Waals surface area (Å²) in [7, 11) is -1.16. The van der Waals surface area contributed by atoms with Gasteiger partial charge in [-0.15, -0.1) is 10.2 Å². The summed E-state index contributed by atoms with van der Waals surface area (Å²) in [6.07, 6.45) is 0.597. The number of aliphatic hydroxyl groups is 1. The first-order valence-corrected chi connectivity index (χ1v) is 6.55. The van der Waals surface area contributed by atoms with Gasteiger partial charge in [-0.05, 0) is 6.42 Å². The van der Waals surface area contributed by atoms with E-state index in [1.165, 1.54) is 0 Å². The van der Waals surface area contributed by atoms with E-state index in [0.29, 0.717) is 18.1 Å². The molecule has 7 heteroatoms. The Balaban J connectivity index is 2.28. The summed E-state index contributed by atoms with van der Waals surface area (Å²) in [6, 6.07) is 0. The lowest BCUT2D eigenvalue weighted by molar-refractivity contribution is 0.266. The summed E-state index contributed by atoms with van der Waals surface area (Å²) in [5.41, 5.74) is 0. The third-order valence-electron chi connectivity index (χ3n) is 2.74. The molecule has 2 heterocycles. The molecule has 1 aromatic rings. The molecule has 0 bridgehead atoms.